The molecular weight excluding hydrogens is 534 g/mol. The zero-order chi connectivity index (χ0) is 35.4. The van der Waals surface area contributed by atoms with E-state index in [1.807, 2.05) is 66.7 Å². The molecule has 0 saturated carbocycles. The van der Waals surface area contributed by atoms with Crippen molar-refractivity contribution in [2.24, 2.45) is 0 Å². The van der Waals surface area contributed by atoms with E-state index in [0.717, 1.165) is 22.3 Å². The largest absolute Gasteiger partial charge is 0.208 e. The quantitative estimate of drug-likeness (QED) is 0.207. The van der Waals surface area contributed by atoms with Gasteiger partial charge in [-0.1, -0.05) is 152 Å². The highest BCUT2D eigenvalue weighted by atomic mass is 15.0. The van der Waals surface area contributed by atoms with Gasteiger partial charge in [-0.25, -0.2) is 15.0 Å². The summed E-state index contributed by atoms with van der Waals surface area (Å²) in [7, 11) is 0. The predicted octanol–water partition coefficient (Wildman–Crippen LogP) is 10.5. The molecule has 0 aliphatic carbocycles. The van der Waals surface area contributed by atoms with E-state index in [2.05, 4.69) is 59.6 Å². The number of rotatable bonds is 5. The van der Waals surface area contributed by atoms with Crippen molar-refractivity contribution in [2.75, 3.05) is 0 Å². The highest BCUT2D eigenvalue weighted by molar-refractivity contribution is 5.97. The number of aromatic nitrogens is 3. The van der Waals surface area contributed by atoms with E-state index in [4.69, 9.17) is 19.6 Å². The van der Waals surface area contributed by atoms with Crippen LogP contribution in [0.5, 0.6) is 0 Å². The standard InChI is InChI=1S/C41H27N3/c1-2-12-32(13-3-1)39-42-40(44-41(43-39)36-25-22-28-10-4-5-14-33(28)27-36)35-17-8-16-34(26-35)29-20-23-31(24-21-29)38-19-9-15-30-11-6-7-18-37(30)38/h1-27H/i4D,5D,10D,14D,22D,25D,27D. The van der Waals surface area contributed by atoms with Crippen molar-refractivity contribution in [3.8, 4) is 56.4 Å². The molecule has 0 radical (unpaired) electrons. The van der Waals surface area contributed by atoms with Crippen molar-refractivity contribution in [2.45, 2.75) is 0 Å². The molecule has 0 amide bonds. The molecule has 7 aromatic carbocycles. The van der Waals surface area contributed by atoms with Crippen molar-refractivity contribution in [3.63, 3.8) is 0 Å². The van der Waals surface area contributed by atoms with Crippen LogP contribution in [0, 0.1) is 0 Å². The van der Waals surface area contributed by atoms with Gasteiger partial charge >= 0.3 is 0 Å². The maximum absolute atomic E-state index is 9.09. The molecule has 1 aromatic heterocycles. The molecule has 44 heavy (non-hydrogen) atoms. The van der Waals surface area contributed by atoms with Crippen LogP contribution in [0.4, 0.5) is 0 Å². The van der Waals surface area contributed by atoms with E-state index in [-0.39, 0.29) is 34.0 Å². The SMILES string of the molecule is [2H]c1c([2H])c([2H])c2c([2H])c(-c3nc(-c4ccccc4)nc(-c4cccc(-c5ccc(-c6cccc7ccccc67)cc5)c4)n3)c([2H])c([2H])c2c1[2H]. The monoisotopic (exact) mass is 568 g/mol. The van der Waals surface area contributed by atoms with Crippen LogP contribution in [-0.4, -0.2) is 15.0 Å². The molecule has 0 N–H and O–H groups in total. The lowest BCUT2D eigenvalue weighted by Crippen LogP contribution is -2.00. The first-order chi connectivity index (χ1) is 24.7. The second-order valence-electron chi connectivity index (χ2n) is 10.4. The predicted molar refractivity (Wildman–Crippen MR) is 182 cm³/mol. The van der Waals surface area contributed by atoms with Crippen LogP contribution in [0.15, 0.2) is 164 Å². The molecule has 0 aliphatic heterocycles. The Morgan fingerprint density at radius 2 is 1.00 bits per heavy atom. The average Bonchev–Trinajstić information content (AvgIpc) is 3.17. The Bertz CT molecular complexity index is 2660. The molecule has 1 heterocycles. The van der Waals surface area contributed by atoms with E-state index in [1.54, 1.807) is 0 Å². The van der Waals surface area contributed by atoms with Crippen LogP contribution in [0.2, 0.25) is 0 Å². The lowest BCUT2D eigenvalue weighted by Gasteiger charge is -2.11. The lowest BCUT2D eigenvalue weighted by atomic mass is 9.96. The maximum atomic E-state index is 9.09. The highest BCUT2D eigenvalue weighted by Gasteiger charge is 2.14. The Balaban J connectivity index is 1.27. The van der Waals surface area contributed by atoms with Crippen LogP contribution in [0.25, 0.3) is 78.0 Å². The minimum atomic E-state index is -0.524. The molecule has 0 unspecified atom stereocenters. The van der Waals surface area contributed by atoms with E-state index in [0.29, 0.717) is 17.0 Å². The van der Waals surface area contributed by atoms with Crippen molar-refractivity contribution < 1.29 is 9.60 Å². The van der Waals surface area contributed by atoms with Crippen LogP contribution in [-0.2, 0) is 0 Å². The van der Waals surface area contributed by atoms with Crippen molar-refractivity contribution in [1.82, 2.24) is 15.0 Å². The molecule has 8 rings (SSSR count). The van der Waals surface area contributed by atoms with Gasteiger partial charge in [0.25, 0.3) is 0 Å². The Hall–Kier alpha value is -5.93. The summed E-state index contributed by atoms with van der Waals surface area (Å²) in [6.45, 7) is 0. The van der Waals surface area contributed by atoms with E-state index >= 15 is 0 Å². The zero-order valence-electron chi connectivity index (χ0n) is 30.4. The fraction of sp³-hybridized carbons (Fsp3) is 0. The number of nitrogens with zero attached hydrogens (tertiary/aromatic N) is 3. The average molecular weight is 569 g/mol. The number of benzene rings is 7. The van der Waals surface area contributed by atoms with Crippen LogP contribution >= 0.6 is 0 Å². The normalized spacial score (nSPS) is 13.4. The van der Waals surface area contributed by atoms with Gasteiger partial charge in [0.1, 0.15) is 0 Å². The van der Waals surface area contributed by atoms with Gasteiger partial charge in [0.15, 0.2) is 17.5 Å². The third-order valence-corrected chi connectivity index (χ3v) is 7.58. The molecule has 8 aromatic rings. The van der Waals surface area contributed by atoms with Crippen molar-refractivity contribution >= 4 is 21.5 Å². The molecule has 0 aliphatic rings. The van der Waals surface area contributed by atoms with E-state index in [9.17, 15) is 0 Å². The molecule has 3 heteroatoms. The Kier molecular flexibility index (Phi) is 4.85. The second kappa shape index (κ2) is 11.0. The summed E-state index contributed by atoms with van der Waals surface area (Å²) in [5.41, 5.74) is 5.40. The summed E-state index contributed by atoms with van der Waals surface area (Å²) in [5.74, 6) is 0.538. The first kappa shape index (κ1) is 19.3. The minimum Gasteiger partial charge on any atom is -0.208 e. The molecule has 0 saturated heterocycles. The molecular formula is C41H27N3. The summed E-state index contributed by atoms with van der Waals surface area (Å²) in [4.78, 5) is 14.2. The van der Waals surface area contributed by atoms with Gasteiger partial charge < -0.3 is 0 Å². The molecule has 0 bridgehead atoms. The summed E-state index contributed by atoms with van der Waals surface area (Å²) in [6.07, 6.45) is 0. The van der Waals surface area contributed by atoms with Crippen LogP contribution in [0.3, 0.4) is 0 Å². The number of hydrogen-bond donors (Lipinski definition) is 0. The Morgan fingerprint density at radius 3 is 1.84 bits per heavy atom. The lowest BCUT2D eigenvalue weighted by molar-refractivity contribution is 1.07. The van der Waals surface area contributed by atoms with Gasteiger partial charge in [0.2, 0.25) is 0 Å². The first-order valence-corrected chi connectivity index (χ1v) is 14.2. The van der Waals surface area contributed by atoms with Crippen molar-refractivity contribution in [3.05, 3.63) is 164 Å². The fourth-order valence-electron chi connectivity index (χ4n) is 5.38. The van der Waals surface area contributed by atoms with Crippen LogP contribution < -0.4 is 0 Å². The van der Waals surface area contributed by atoms with E-state index < -0.39 is 36.3 Å². The van der Waals surface area contributed by atoms with Gasteiger partial charge in [0, 0.05) is 16.7 Å². The van der Waals surface area contributed by atoms with Gasteiger partial charge in [-0.3, -0.25) is 0 Å². The summed E-state index contributed by atoms with van der Waals surface area (Å²) in [5, 5.41) is 2.02. The van der Waals surface area contributed by atoms with Gasteiger partial charge in [0.05, 0.1) is 9.60 Å². The summed E-state index contributed by atoms with van der Waals surface area (Å²) in [6, 6.07) is 36.8. The third-order valence-electron chi connectivity index (χ3n) is 7.58. The van der Waals surface area contributed by atoms with Crippen LogP contribution in [0.1, 0.15) is 9.60 Å². The summed E-state index contributed by atoms with van der Waals surface area (Å²) < 4.78 is 60.0. The molecule has 206 valence electrons. The van der Waals surface area contributed by atoms with Gasteiger partial charge in [-0.05, 0) is 55.9 Å². The van der Waals surface area contributed by atoms with Gasteiger partial charge in [-0.15, -0.1) is 0 Å². The smallest absolute Gasteiger partial charge is 0.164 e. The molecule has 3 nitrogen and oxygen atoms in total. The second-order valence-corrected chi connectivity index (χ2v) is 10.4. The maximum Gasteiger partial charge on any atom is 0.164 e. The van der Waals surface area contributed by atoms with Crippen molar-refractivity contribution in [1.29, 1.82) is 0 Å². The molecule has 0 spiro atoms. The molecule has 0 atom stereocenters. The Labute approximate surface area is 266 Å². The zero-order valence-corrected chi connectivity index (χ0v) is 23.4. The number of fused-ring (bicyclic) bond motifs is 2. The summed E-state index contributed by atoms with van der Waals surface area (Å²) >= 11 is 0. The highest BCUT2D eigenvalue weighted by Crippen LogP contribution is 2.32. The van der Waals surface area contributed by atoms with Gasteiger partial charge in [-0.2, -0.15) is 0 Å². The van der Waals surface area contributed by atoms with E-state index in [1.165, 1.54) is 10.8 Å². The third kappa shape index (κ3) is 4.91. The molecule has 0 fully saturated rings. The topological polar surface area (TPSA) is 38.7 Å². The Morgan fingerprint density at radius 1 is 0.386 bits per heavy atom. The fourth-order valence-corrected chi connectivity index (χ4v) is 5.38. The first-order valence-electron chi connectivity index (χ1n) is 17.7. The number of hydrogen-bond acceptors (Lipinski definition) is 3. The minimum absolute atomic E-state index is 0.0403.